The molecule has 1 N–H and O–H groups in total. The van der Waals surface area contributed by atoms with Gasteiger partial charge in [-0.25, -0.2) is 0 Å². The fourth-order valence-corrected chi connectivity index (χ4v) is 3.23. The third-order valence-corrected chi connectivity index (χ3v) is 4.87. The molecule has 1 aliphatic heterocycles. The standard InChI is InChI=1S/C20H24ClN3O2/c1-26-17-8-6-16(7-9-17)14-23-10-12-24(13-11-23)15-20(25)22-19-5-3-2-4-18(19)21/h2-9H,10-15H2,1H3,(H,22,25). The third-order valence-electron chi connectivity index (χ3n) is 4.55. The molecule has 0 bridgehead atoms. The SMILES string of the molecule is COc1ccc(CN2CCN(CC(=O)Nc3ccccc3Cl)CC2)cc1. The fraction of sp³-hybridized carbons (Fsp3) is 0.350. The van der Waals surface area contributed by atoms with Crippen molar-refractivity contribution in [2.45, 2.75) is 6.54 Å². The number of carbonyl (C=O) groups is 1. The second-order valence-corrected chi connectivity index (χ2v) is 6.84. The van der Waals surface area contributed by atoms with Crippen LogP contribution < -0.4 is 10.1 Å². The predicted molar refractivity (Wildman–Crippen MR) is 105 cm³/mol. The maximum absolute atomic E-state index is 12.2. The van der Waals surface area contributed by atoms with Crippen molar-refractivity contribution >= 4 is 23.2 Å². The van der Waals surface area contributed by atoms with Crippen LogP contribution >= 0.6 is 11.6 Å². The fourth-order valence-electron chi connectivity index (χ4n) is 3.05. The minimum atomic E-state index is -0.0262. The minimum absolute atomic E-state index is 0.0262. The van der Waals surface area contributed by atoms with Gasteiger partial charge in [0, 0.05) is 32.7 Å². The zero-order valence-electron chi connectivity index (χ0n) is 15.0. The lowest BCUT2D eigenvalue weighted by Crippen LogP contribution is -2.48. The number of carbonyl (C=O) groups excluding carboxylic acids is 1. The van der Waals surface area contributed by atoms with Crippen LogP contribution in [0.1, 0.15) is 5.56 Å². The van der Waals surface area contributed by atoms with Gasteiger partial charge in [0.15, 0.2) is 0 Å². The van der Waals surface area contributed by atoms with E-state index in [1.807, 2.05) is 30.3 Å². The minimum Gasteiger partial charge on any atom is -0.497 e. The summed E-state index contributed by atoms with van der Waals surface area (Å²) in [6, 6.07) is 15.5. The van der Waals surface area contributed by atoms with Crippen molar-refractivity contribution in [2.24, 2.45) is 0 Å². The topological polar surface area (TPSA) is 44.8 Å². The van der Waals surface area contributed by atoms with E-state index in [2.05, 4.69) is 27.2 Å². The van der Waals surface area contributed by atoms with E-state index in [4.69, 9.17) is 16.3 Å². The number of piperazine rings is 1. The number of hydrogen-bond acceptors (Lipinski definition) is 4. The smallest absolute Gasteiger partial charge is 0.238 e. The number of para-hydroxylation sites is 1. The lowest BCUT2D eigenvalue weighted by atomic mass is 10.2. The summed E-state index contributed by atoms with van der Waals surface area (Å²) in [5.74, 6) is 0.852. The number of ether oxygens (including phenoxy) is 1. The monoisotopic (exact) mass is 373 g/mol. The van der Waals surface area contributed by atoms with Crippen LogP contribution in [0.4, 0.5) is 5.69 Å². The van der Waals surface area contributed by atoms with Crippen LogP contribution in [0.2, 0.25) is 5.02 Å². The van der Waals surface area contributed by atoms with Crippen molar-refractivity contribution in [3.63, 3.8) is 0 Å². The molecule has 0 radical (unpaired) electrons. The first-order chi connectivity index (χ1) is 12.6. The van der Waals surface area contributed by atoms with Crippen LogP contribution in [0.15, 0.2) is 48.5 Å². The molecular weight excluding hydrogens is 350 g/mol. The van der Waals surface area contributed by atoms with Gasteiger partial charge in [-0.15, -0.1) is 0 Å². The first kappa shape index (κ1) is 18.7. The summed E-state index contributed by atoms with van der Waals surface area (Å²) in [4.78, 5) is 16.8. The molecule has 0 saturated carbocycles. The Kier molecular flexibility index (Phi) is 6.50. The molecule has 2 aromatic carbocycles. The average Bonchev–Trinajstić information content (AvgIpc) is 2.66. The van der Waals surface area contributed by atoms with Crippen molar-refractivity contribution in [3.8, 4) is 5.75 Å². The normalized spacial score (nSPS) is 15.6. The molecule has 0 unspecified atom stereocenters. The molecule has 0 spiro atoms. The van der Waals surface area contributed by atoms with Crippen LogP contribution in [0.25, 0.3) is 0 Å². The second-order valence-electron chi connectivity index (χ2n) is 6.43. The number of nitrogens with zero attached hydrogens (tertiary/aromatic N) is 2. The Morgan fingerprint density at radius 1 is 1.04 bits per heavy atom. The van der Waals surface area contributed by atoms with E-state index in [1.165, 1.54) is 5.56 Å². The van der Waals surface area contributed by atoms with Crippen molar-refractivity contribution in [1.82, 2.24) is 9.80 Å². The van der Waals surface area contributed by atoms with Gasteiger partial charge in [-0.2, -0.15) is 0 Å². The highest BCUT2D eigenvalue weighted by molar-refractivity contribution is 6.33. The molecule has 2 aromatic rings. The quantitative estimate of drug-likeness (QED) is 0.845. The first-order valence-electron chi connectivity index (χ1n) is 8.76. The maximum Gasteiger partial charge on any atom is 0.238 e. The predicted octanol–water partition coefficient (Wildman–Crippen LogP) is 3.10. The Bertz CT molecular complexity index is 728. The Labute approximate surface area is 159 Å². The summed E-state index contributed by atoms with van der Waals surface area (Å²) < 4.78 is 5.19. The van der Waals surface area contributed by atoms with E-state index in [1.54, 1.807) is 13.2 Å². The molecule has 6 heteroatoms. The number of hydrogen-bond donors (Lipinski definition) is 1. The molecule has 3 rings (SSSR count). The molecular formula is C20H24ClN3O2. The van der Waals surface area contributed by atoms with Gasteiger partial charge < -0.3 is 10.1 Å². The Morgan fingerprint density at radius 2 is 1.69 bits per heavy atom. The summed E-state index contributed by atoms with van der Waals surface area (Å²) in [5, 5.41) is 3.44. The molecule has 138 valence electrons. The van der Waals surface area contributed by atoms with E-state index in [0.29, 0.717) is 17.3 Å². The molecule has 5 nitrogen and oxygen atoms in total. The number of nitrogens with one attached hydrogen (secondary N) is 1. The molecule has 0 atom stereocenters. The summed E-state index contributed by atoms with van der Waals surface area (Å²) in [6.07, 6.45) is 0. The number of methoxy groups -OCH3 is 1. The van der Waals surface area contributed by atoms with Gasteiger partial charge in [-0.3, -0.25) is 14.6 Å². The molecule has 1 amide bonds. The number of amides is 1. The number of anilines is 1. The van der Waals surface area contributed by atoms with Gasteiger partial charge in [0.05, 0.1) is 24.4 Å². The van der Waals surface area contributed by atoms with Crippen molar-refractivity contribution in [2.75, 3.05) is 45.2 Å². The maximum atomic E-state index is 12.2. The lowest BCUT2D eigenvalue weighted by Gasteiger charge is -2.34. The third kappa shape index (κ3) is 5.21. The average molecular weight is 374 g/mol. The Morgan fingerprint density at radius 3 is 2.35 bits per heavy atom. The molecule has 1 heterocycles. The van der Waals surface area contributed by atoms with E-state index < -0.39 is 0 Å². The molecule has 1 saturated heterocycles. The summed E-state index contributed by atoms with van der Waals surface area (Å²) in [6.45, 7) is 4.97. The van der Waals surface area contributed by atoms with Crippen molar-refractivity contribution < 1.29 is 9.53 Å². The van der Waals surface area contributed by atoms with Crippen LogP contribution in [0, 0.1) is 0 Å². The van der Waals surface area contributed by atoms with E-state index in [-0.39, 0.29) is 5.91 Å². The molecule has 0 aromatic heterocycles. The highest BCUT2D eigenvalue weighted by atomic mass is 35.5. The highest BCUT2D eigenvalue weighted by Crippen LogP contribution is 2.20. The number of halogens is 1. The van der Waals surface area contributed by atoms with Crippen molar-refractivity contribution in [1.29, 1.82) is 0 Å². The molecule has 1 fully saturated rings. The number of rotatable bonds is 6. The van der Waals surface area contributed by atoms with Crippen LogP contribution in [0.3, 0.4) is 0 Å². The van der Waals surface area contributed by atoms with Gasteiger partial charge in [0.1, 0.15) is 5.75 Å². The first-order valence-corrected chi connectivity index (χ1v) is 9.14. The molecule has 1 aliphatic rings. The summed E-state index contributed by atoms with van der Waals surface area (Å²) in [5.41, 5.74) is 1.94. The molecule has 26 heavy (non-hydrogen) atoms. The summed E-state index contributed by atoms with van der Waals surface area (Å²) >= 11 is 6.08. The van der Waals surface area contributed by atoms with E-state index in [9.17, 15) is 4.79 Å². The lowest BCUT2D eigenvalue weighted by molar-refractivity contribution is -0.117. The van der Waals surface area contributed by atoms with Gasteiger partial charge in [-0.05, 0) is 29.8 Å². The largest absolute Gasteiger partial charge is 0.497 e. The van der Waals surface area contributed by atoms with Crippen LogP contribution in [-0.2, 0) is 11.3 Å². The van der Waals surface area contributed by atoms with Gasteiger partial charge in [0.25, 0.3) is 0 Å². The number of benzene rings is 2. The summed E-state index contributed by atoms with van der Waals surface area (Å²) in [7, 11) is 1.68. The van der Waals surface area contributed by atoms with Crippen LogP contribution in [0.5, 0.6) is 5.75 Å². The Balaban J connectivity index is 1.43. The van der Waals surface area contributed by atoms with Crippen molar-refractivity contribution in [3.05, 3.63) is 59.1 Å². The Hall–Kier alpha value is -2.08. The van der Waals surface area contributed by atoms with Crippen LogP contribution in [-0.4, -0.2) is 55.5 Å². The van der Waals surface area contributed by atoms with Gasteiger partial charge in [0.2, 0.25) is 5.91 Å². The second kappa shape index (κ2) is 9.03. The molecule has 0 aliphatic carbocycles. The zero-order valence-corrected chi connectivity index (χ0v) is 15.7. The van der Waals surface area contributed by atoms with E-state index >= 15 is 0 Å². The zero-order chi connectivity index (χ0) is 18.4. The van der Waals surface area contributed by atoms with E-state index in [0.717, 1.165) is 38.5 Å². The van der Waals surface area contributed by atoms with Gasteiger partial charge in [-0.1, -0.05) is 35.9 Å². The van der Waals surface area contributed by atoms with Gasteiger partial charge >= 0.3 is 0 Å². The highest BCUT2D eigenvalue weighted by Gasteiger charge is 2.19.